The van der Waals surface area contributed by atoms with Gasteiger partial charge in [-0.25, -0.2) is 9.59 Å². The standard InChI is InChI=1S/C18H24N2O5S/c1-5-19-12(3)9-14(13(19)4)18(23)25-8-7-20-15(21)11-26-16(20)10-17(22)24-6-2/h9-10H,5-8,11H2,1-4H3/b16-10-. The summed E-state index contributed by atoms with van der Waals surface area (Å²) in [5, 5.41) is 0.522. The van der Waals surface area contributed by atoms with Crippen molar-refractivity contribution in [1.29, 1.82) is 0 Å². The SMILES string of the molecule is CCOC(=O)/C=C1\SCC(=O)N1CCOC(=O)c1cc(C)n(CC)c1C. The van der Waals surface area contributed by atoms with Gasteiger partial charge in [-0.05, 0) is 33.8 Å². The predicted molar refractivity (Wildman–Crippen MR) is 98.7 cm³/mol. The van der Waals surface area contributed by atoms with Crippen molar-refractivity contribution in [1.82, 2.24) is 9.47 Å². The zero-order valence-corrected chi connectivity index (χ0v) is 16.4. The number of amides is 1. The Hall–Kier alpha value is -2.22. The van der Waals surface area contributed by atoms with E-state index in [1.807, 2.05) is 31.4 Å². The maximum Gasteiger partial charge on any atom is 0.340 e. The number of ether oxygens (including phenoxy) is 2. The van der Waals surface area contributed by atoms with Gasteiger partial charge < -0.3 is 18.9 Å². The van der Waals surface area contributed by atoms with Crippen molar-refractivity contribution < 1.29 is 23.9 Å². The number of carbonyl (C=O) groups excluding carboxylic acids is 3. The monoisotopic (exact) mass is 380 g/mol. The van der Waals surface area contributed by atoms with Gasteiger partial charge in [-0.15, -0.1) is 0 Å². The van der Waals surface area contributed by atoms with Gasteiger partial charge in [0.1, 0.15) is 6.61 Å². The second kappa shape index (κ2) is 8.93. The van der Waals surface area contributed by atoms with Gasteiger partial charge in [-0.2, -0.15) is 0 Å². The summed E-state index contributed by atoms with van der Waals surface area (Å²) in [4.78, 5) is 37.3. The molecule has 1 fully saturated rings. The van der Waals surface area contributed by atoms with E-state index in [-0.39, 0.29) is 31.4 Å². The summed E-state index contributed by atoms with van der Waals surface area (Å²) in [6.07, 6.45) is 1.30. The zero-order chi connectivity index (χ0) is 19.3. The van der Waals surface area contributed by atoms with Gasteiger partial charge in [-0.3, -0.25) is 4.79 Å². The number of thioether (sulfide) groups is 1. The van der Waals surface area contributed by atoms with Crippen LogP contribution in [0.5, 0.6) is 0 Å². The van der Waals surface area contributed by atoms with E-state index in [1.165, 1.54) is 22.7 Å². The first-order chi connectivity index (χ1) is 12.4. The minimum Gasteiger partial charge on any atom is -0.463 e. The first-order valence-corrected chi connectivity index (χ1v) is 9.53. The number of esters is 2. The van der Waals surface area contributed by atoms with Crippen LogP contribution in [-0.2, 0) is 25.6 Å². The van der Waals surface area contributed by atoms with E-state index >= 15 is 0 Å². The average Bonchev–Trinajstić information content (AvgIpc) is 3.07. The summed E-state index contributed by atoms with van der Waals surface area (Å²) in [7, 11) is 0. The second-order valence-corrected chi connectivity index (χ2v) is 6.73. The Labute approximate surface area is 157 Å². The third kappa shape index (κ3) is 4.49. The van der Waals surface area contributed by atoms with Gasteiger partial charge in [-0.1, -0.05) is 11.8 Å². The van der Waals surface area contributed by atoms with Gasteiger partial charge in [0, 0.05) is 17.9 Å². The molecule has 1 aliphatic heterocycles. The summed E-state index contributed by atoms with van der Waals surface area (Å²) in [5.74, 6) is -0.755. The Morgan fingerprint density at radius 2 is 2.00 bits per heavy atom. The van der Waals surface area contributed by atoms with Crippen LogP contribution in [0.25, 0.3) is 0 Å². The lowest BCUT2D eigenvalue weighted by atomic mass is 10.2. The van der Waals surface area contributed by atoms with E-state index in [4.69, 9.17) is 9.47 Å². The van der Waals surface area contributed by atoms with E-state index in [0.29, 0.717) is 10.6 Å². The van der Waals surface area contributed by atoms with Crippen LogP contribution in [0.3, 0.4) is 0 Å². The predicted octanol–water partition coefficient (Wildman–Crippen LogP) is 2.26. The number of carbonyl (C=O) groups is 3. The first-order valence-electron chi connectivity index (χ1n) is 8.54. The van der Waals surface area contributed by atoms with Gasteiger partial charge >= 0.3 is 11.9 Å². The van der Waals surface area contributed by atoms with E-state index in [9.17, 15) is 14.4 Å². The van der Waals surface area contributed by atoms with Crippen LogP contribution < -0.4 is 0 Å². The van der Waals surface area contributed by atoms with Gasteiger partial charge in [0.25, 0.3) is 0 Å². The molecular weight excluding hydrogens is 356 g/mol. The van der Waals surface area contributed by atoms with Crippen molar-refractivity contribution in [3.05, 3.63) is 34.1 Å². The quantitative estimate of drug-likeness (QED) is 0.533. The molecular formula is C18H24N2O5S. The number of nitrogens with zero attached hydrogens (tertiary/aromatic N) is 2. The molecule has 2 heterocycles. The van der Waals surface area contributed by atoms with Crippen molar-refractivity contribution in [3.63, 3.8) is 0 Å². The smallest absolute Gasteiger partial charge is 0.340 e. The normalized spacial score (nSPS) is 15.6. The lowest BCUT2D eigenvalue weighted by Gasteiger charge is -2.16. The van der Waals surface area contributed by atoms with Crippen molar-refractivity contribution in [2.24, 2.45) is 0 Å². The van der Waals surface area contributed by atoms with Crippen LogP contribution in [-0.4, -0.2) is 52.8 Å². The fraction of sp³-hybridized carbons (Fsp3) is 0.500. The molecule has 0 N–H and O–H groups in total. The van der Waals surface area contributed by atoms with Crippen molar-refractivity contribution in [3.8, 4) is 0 Å². The minimum absolute atomic E-state index is 0.0566. The number of hydrogen-bond donors (Lipinski definition) is 0. The molecule has 0 aliphatic carbocycles. The summed E-state index contributed by atoms with van der Waals surface area (Å²) in [6, 6.07) is 1.81. The molecule has 7 nitrogen and oxygen atoms in total. The molecule has 1 amide bonds. The largest absolute Gasteiger partial charge is 0.463 e. The summed E-state index contributed by atoms with van der Waals surface area (Å²) < 4.78 is 12.2. The van der Waals surface area contributed by atoms with E-state index in [1.54, 1.807) is 6.92 Å². The lowest BCUT2D eigenvalue weighted by molar-refractivity contribution is -0.137. The fourth-order valence-electron chi connectivity index (χ4n) is 2.86. The molecule has 1 aromatic heterocycles. The Kier molecular flexibility index (Phi) is 6.90. The maximum atomic E-state index is 12.3. The van der Waals surface area contributed by atoms with Gasteiger partial charge in [0.2, 0.25) is 5.91 Å². The Balaban J connectivity index is 1.96. The molecule has 0 saturated carbocycles. The topological polar surface area (TPSA) is 77.8 Å². The lowest BCUT2D eigenvalue weighted by Crippen LogP contribution is -2.29. The molecule has 0 aromatic carbocycles. The molecule has 0 bridgehead atoms. The van der Waals surface area contributed by atoms with Gasteiger partial charge in [0.05, 0.1) is 35.6 Å². The van der Waals surface area contributed by atoms with E-state index in [2.05, 4.69) is 0 Å². The van der Waals surface area contributed by atoms with Crippen LogP contribution in [0.4, 0.5) is 0 Å². The van der Waals surface area contributed by atoms with Crippen LogP contribution in [0.1, 0.15) is 35.6 Å². The molecule has 0 atom stereocenters. The van der Waals surface area contributed by atoms with Gasteiger partial charge in [0.15, 0.2) is 0 Å². The third-order valence-electron chi connectivity index (χ3n) is 4.10. The summed E-state index contributed by atoms with van der Waals surface area (Å²) in [6.45, 7) is 8.88. The first kappa shape index (κ1) is 20.1. The highest BCUT2D eigenvalue weighted by atomic mass is 32.2. The van der Waals surface area contributed by atoms with Crippen LogP contribution >= 0.6 is 11.8 Å². The van der Waals surface area contributed by atoms with Crippen LogP contribution in [0.2, 0.25) is 0 Å². The number of aryl methyl sites for hydroxylation is 1. The average molecular weight is 380 g/mol. The highest BCUT2D eigenvalue weighted by Crippen LogP contribution is 2.28. The molecule has 1 saturated heterocycles. The molecule has 2 rings (SSSR count). The van der Waals surface area contributed by atoms with Crippen molar-refractivity contribution in [2.45, 2.75) is 34.2 Å². The maximum absolute atomic E-state index is 12.3. The molecule has 8 heteroatoms. The summed E-state index contributed by atoms with van der Waals surface area (Å²) in [5.41, 5.74) is 2.40. The third-order valence-corrected chi connectivity index (χ3v) is 5.12. The molecule has 0 spiro atoms. The van der Waals surface area contributed by atoms with Crippen LogP contribution in [0, 0.1) is 13.8 Å². The highest BCUT2D eigenvalue weighted by molar-refractivity contribution is 8.04. The second-order valence-electron chi connectivity index (χ2n) is 5.73. The Morgan fingerprint density at radius 1 is 1.27 bits per heavy atom. The molecule has 1 aromatic rings. The number of aromatic nitrogens is 1. The van der Waals surface area contributed by atoms with E-state index in [0.717, 1.165) is 17.9 Å². The van der Waals surface area contributed by atoms with Crippen molar-refractivity contribution >= 4 is 29.6 Å². The number of hydrogen-bond acceptors (Lipinski definition) is 6. The Morgan fingerprint density at radius 3 is 2.62 bits per heavy atom. The summed E-state index contributed by atoms with van der Waals surface area (Å²) >= 11 is 1.27. The van der Waals surface area contributed by atoms with E-state index < -0.39 is 11.9 Å². The molecule has 0 radical (unpaired) electrons. The highest BCUT2D eigenvalue weighted by Gasteiger charge is 2.27. The molecule has 1 aliphatic rings. The van der Waals surface area contributed by atoms with Crippen LogP contribution in [0.15, 0.2) is 17.2 Å². The fourth-order valence-corrected chi connectivity index (χ4v) is 3.81. The zero-order valence-electron chi connectivity index (χ0n) is 15.5. The molecule has 0 unspecified atom stereocenters. The van der Waals surface area contributed by atoms with Crippen molar-refractivity contribution in [2.75, 3.05) is 25.5 Å². The molecule has 26 heavy (non-hydrogen) atoms. The number of rotatable bonds is 7. The minimum atomic E-state index is -0.487. The Bertz CT molecular complexity index is 738. The molecule has 142 valence electrons.